The van der Waals surface area contributed by atoms with Crippen molar-refractivity contribution < 1.29 is 8.42 Å². The maximum Gasteiger partial charge on any atom is 0.252 e. The Morgan fingerprint density at radius 3 is 2.72 bits per heavy atom. The van der Waals surface area contributed by atoms with E-state index in [0.717, 1.165) is 11.3 Å². The Hall–Kier alpha value is -1.18. The zero-order valence-electron chi connectivity index (χ0n) is 10.5. The fourth-order valence-corrected chi connectivity index (χ4v) is 3.94. The fraction of sp³-hybridized carbons (Fsp3) is 0.364. The summed E-state index contributed by atoms with van der Waals surface area (Å²) in [5, 5.41) is 5.87. The lowest BCUT2D eigenvalue weighted by Gasteiger charge is -2.15. The molecule has 0 aliphatic carbocycles. The highest BCUT2D eigenvalue weighted by molar-refractivity contribution is 7.91. The first-order valence-corrected chi connectivity index (χ1v) is 7.72. The maximum atomic E-state index is 12.2. The maximum absolute atomic E-state index is 12.2. The average molecular weight is 285 g/mol. The van der Waals surface area contributed by atoms with Crippen LogP contribution in [0.25, 0.3) is 0 Å². The van der Waals surface area contributed by atoms with Crippen LogP contribution in [0.1, 0.15) is 11.3 Å². The predicted octanol–water partition coefficient (Wildman–Crippen LogP) is 1.61. The van der Waals surface area contributed by atoms with Gasteiger partial charge in [0.1, 0.15) is 4.21 Å². The second kappa shape index (κ2) is 4.83. The molecular formula is C11H15N3O2S2. The van der Waals surface area contributed by atoms with Gasteiger partial charge in [-0.3, -0.25) is 4.68 Å². The molecule has 7 heteroatoms. The SMILES string of the molecule is Cc1c(CN(C)S(=O)(=O)c2cccs2)cnn1C. The van der Waals surface area contributed by atoms with Gasteiger partial charge in [-0.15, -0.1) is 11.3 Å². The van der Waals surface area contributed by atoms with Crippen LogP contribution < -0.4 is 0 Å². The largest absolute Gasteiger partial charge is 0.273 e. The third-order valence-corrected chi connectivity index (χ3v) is 6.07. The number of nitrogens with zero attached hydrogens (tertiary/aromatic N) is 3. The summed E-state index contributed by atoms with van der Waals surface area (Å²) in [5.41, 5.74) is 1.89. The molecule has 0 radical (unpaired) electrons. The number of aryl methyl sites for hydroxylation is 1. The van der Waals surface area contributed by atoms with Crippen LogP contribution in [-0.2, 0) is 23.6 Å². The minimum atomic E-state index is -3.39. The van der Waals surface area contributed by atoms with Gasteiger partial charge in [-0.2, -0.15) is 9.40 Å². The van der Waals surface area contributed by atoms with Gasteiger partial charge < -0.3 is 0 Å². The molecule has 0 amide bonds. The third kappa shape index (κ3) is 2.33. The molecular weight excluding hydrogens is 270 g/mol. The number of rotatable bonds is 4. The number of sulfonamides is 1. The number of aromatic nitrogens is 2. The summed E-state index contributed by atoms with van der Waals surface area (Å²) < 4.78 is 27.9. The molecule has 0 aliphatic rings. The Kier molecular flexibility index (Phi) is 3.56. The van der Waals surface area contributed by atoms with E-state index in [1.165, 1.54) is 15.6 Å². The van der Waals surface area contributed by atoms with Gasteiger partial charge in [0.25, 0.3) is 10.0 Å². The summed E-state index contributed by atoms with van der Waals surface area (Å²) in [7, 11) is 0.0382. The lowest BCUT2D eigenvalue weighted by atomic mass is 10.3. The Labute approximate surface area is 111 Å². The van der Waals surface area contributed by atoms with Crippen molar-refractivity contribution in [3.63, 3.8) is 0 Å². The molecule has 2 rings (SSSR count). The van der Waals surface area contributed by atoms with Crippen LogP contribution in [0.2, 0.25) is 0 Å². The van der Waals surface area contributed by atoms with Gasteiger partial charge >= 0.3 is 0 Å². The lowest BCUT2D eigenvalue weighted by Crippen LogP contribution is -2.26. The van der Waals surface area contributed by atoms with E-state index in [9.17, 15) is 8.42 Å². The summed E-state index contributed by atoms with van der Waals surface area (Å²) in [4.78, 5) is 0. The first kappa shape index (κ1) is 13.3. The van der Waals surface area contributed by atoms with E-state index >= 15 is 0 Å². The molecule has 2 heterocycles. The van der Waals surface area contributed by atoms with Crippen molar-refractivity contribution >= 4 is 21.4 Å². The normalized spacial score (nSPS) is 12.2. The van der Waals surface area contributed by atoms with Crippen molar-refractivity contribution in [1.29, 1.82) is 0 Å². The Balaban J connectivity index is 2.23. The Morgan fingerprint density at radius 1 is 1.50 bits per heavy atom. The van der Waals surface area contributed by atoms with E-state index in [-0.39, 0.29) is 0 Å². The van der Waals surface area contributed by atoms with Gasteiger partial charge in [0.15, 0.2) is 0 Å². The van der Waals surface area contributed by atoms with E-state index < -0.39 is 10.0 Å². The highest BCUT2D eigenvalue weighted by Gasteiger charge is 2.22. The lowest BCUT2D eigenvalue weighted by molar-refractivity contribution is 0.467. The first-order valence-electron chi connectivity index (χ1n) is 5.40. The van der Waals surface area contributed by atoms with Crippen molar-refractivity contribution in [3.8, 4) is 0 Å². The Morgan fingerprint density at radius 2 is 2.22 bits per heavy atom. The summed E-state index contributed by atoms with van der Waals surface area (Å²) in [6.45, 7) is 2.26. The molecule has 0 atom stereocenters. The van der Waals surface area contributed by atoms with Crippen molar-refractivity contribution in [2.45, 2.75) is 17.7 Å². The quantitative estimate of drug-likeness (QED) is 0.857. The third-order valence-electron chi connectivity index (χ3n) is 2.89. The van der Waals surface area contributed by atoms with Crippen LogP contribution in [0.15, 0.2) is 27.9 Å². The summed E-state index contributed by atoms with van der Waals surface area (Å²) in [6, 6.07) is 3.35. The van der Waals surface area contributed by atoms with Crippen molar-refractivity contribution in [1.82, 2.24) is 14.1 Å². The number of thiophene rings is 1. The van der Waals surface area contributed by atoms with Gasteiger partial charge in [-0.1, -0.05) is 6.07 Å². The second-order valence-corrected chi connectivity index (χ2v) is 7.29. The zero-order valence-corrected chi connectivity index (χ0v) is 12.1. The molecule has 0 N–H and O–H groups in total. The molecule has 0 unspecified atom stereocenters. The van der Waals surface area contributed by atoms with Crippen LogP contribution in [0, 0.1) is 6.92 Å². The molecule has 5 nitrogen and oxygen atoms in total. The minimum absolute atomic E-state index is 0.333. The van der Waals surface area contributed by atoms with Crippen LogP contribution in [0.3, 0.4) is 0 Å². The van der Waals surface area contributed by atoms with Gasteiger partial charge in [0.2, 0.25) is 0 Å². The summed E-state index contributed by atoms with van der Waals surface area (Å²) in [5.74, 6) is 0. The standard InChI is InChI=1S/C11H15N3O2S2/c1-9-10(7-12-14(9)3)8-13(2)18(15,16)11-5-4-6-17-11/h4-7H,8H2,1-3H3. The molecule has 0 spiro atoms. The number of hydrogen-bond acceptors (Lipinski definition) is 4. The van der Waals surface area contributed by atoms with E-state index in [4.69, 9.17) is 0 Å². The van der Waals surface area contributed by atoms with Gasteiger partial charge in [-0.05, 0) is 18.4 Å². The van der Waals surface area contributed by atoms with Gasteiger partial charge in [0, 0.05) is 31.9 Å². The van der Waals surface area contributed by atoms with Crippen molar-refractivity contribution in [2.24, 2.45) is 7.05 Å². The predicted molar refractivity (Wildman–Crippen MR) is 70.9 cm³/mol. The van der Waals surface area contributed by atoms with Crippen molar-refractivity contribution in [3.05, 3.63) is 35.0 Å². The highest BCUT2D eigenvalue weighted by Crippen LogP contribution is 2.21. The topological polar surface area (TPSA) is 55.2 Å². The summed E-state index contributed by atoms with van der Waals surface area (Å²) in [6.07, 6.45) is 1.70. The molecule has 0 saturated heterocycles. The Bertz CT molecular complexity index is 629. The van der Waals surface area contributed by atoms with E-state index in [1.54, 1.807) is 35.4 Å². The monoisotopic (exact) mass is 285 g/mol. The molecule has 98 valence electrons. The van der Waals surface area contributed by atoms with Crippen LogP contribution >= 0.6 is 11.3 Å². The fourth-order valence-electron chi connectivity index (χ4n) is 1.59. The van der Waals surface area contributed by atoms with Gasteiger partial charge in [-0.25, -0.2) is 8.42 Å². The first-order chi connectivity index (χ1) is 8.43. The van der Waals surface area contributed by atoms with Crippen LogP contribution in [0.4, 0.5) is 0 Å². The average Bonchev–Trinajstić information content (AvgIpc) is 2.94. The molecule has 0 saturated carbocycles. The smallest absolute Gasteiger partial charge is 0.252 e. The van der Waals surface area contributed by atoms with Crippen LogP contribution in [-0.4, -0.2) is 29.6 Å². The van der Waals surface area contributed by atoms with E-state index in [2.05, 4.69) is 5.10 Å². The molecule has 2 aromatic rings. The number of hydrogen-bond donors (Lipinski definition) is 0. The second-order valence-electron chi connectivity index (χ2n) is 4.07. The zero-order chi connectivity index (χ0) is 13.3. The van der Waals surface area contributed by atoms with Gasteiger partial charge in [0.05, 0.1) is 6.20 Å². The van der Waals surface area contributed by atoms with E-state index in [1.807, 2.05) is 14.0 Å². The minimum Gasteiger partial charge on any atom is -0.273 e. The molecule has 0 aliphatic heterocycles. The molecule has 2 aromatic heterocycles. The van der Waals surface area contributed by atoms with E-state index in [0.29, 0.717) is 10.8 Å². The molecule has 0 bridgehead atoms. The van der Waals surface area contributed by atoms with Crippen LogP contribution in [0.5, 0.6) is 0 Å². The molecule has 0 fully saturated rings. The van der Waals surface area contributed by atoms with Crippen molar-refractivity contribution in [2.75, 3.05) is 7.05 Å². The molecule has 18 heavy (non-hydrogen) atoms. The molecule has 0 aromatic carbocycles. The summed E-state index contributed by atoms with van der Waals surface area (Å²) >= 11 is 1.23. The highest BCUT2D eigenvalue weighted by atomic mass is 32.2.